The van der Waals surface area contributed by atoms with Crippen molar-refractivity contribution < 1.29 is 28.6 Å². The zero-order valence-electron chi connectivity index (χ0n) is 9.11. The third-order valence-electron chi connectivity index (χ3n) is 2.82. The summed E-state index contributed by atoms with van der Waals surface area (Å²) in [6.45, 7) is 1.51. The van der Waals surface area contributed by atoms with Crippen LogP contribution in [0.5, 0.6) is 0 Å². The lowest BCUT2D eigenvalue weighted by Gasteiger charge is -2.29. The maximum absolute atomic E-state index is 12.4. The molecular formula is C11H12F2O4. The van der Waals surface area contributed by atoms with E-state index in [4.69, 9.17) is 10.2 Å². The molecule has 0 heterocycles. The Bertz CT molecular complexity index is 412. The Hall–Kier alpha value is -1.72. The van der Waals surface area contributed by atoms with E-state index in [1.807, 2.05) is 0 Å². The molecule has 0 radical (unpaired) electrons. The first kappa shape index (κ1) is 13.3. The lowest BCUT2D eigenvalue weighted by Crippen LogP contribution is -2.34. The summed E-state index contributed by atoms with van der Waals surface area (Å²) in [4.78, 5) is 22.0. The summed E-state index contributed by atoms with van der Waals surface area (Å²) >= 11 is 0. The Morgan fingerprint density at radius 3 is 2.47 bits per heavy atom. The molecule has 0 saturated carbocycles. The largest absolute Gasteiger partial charge is 0.481 e. The van der Waals surface area contributed by atoms with E-state index in [2.05, 4.69) is 0 Å². The molecule has 0 aromatic rings. The van der Waals surface area contributed by atoms with Gasteiger partial charge in [0.25, 0.3) is 0 Å². The summed E-state index contributed by atoms with van der Waals surface area (Å²) in [6.07, 6.45) is -1.66. The number of carboxylic acids is 2. The Morgan fingerprint density at radius 1 is 1.47 bits per heavy atom. The van der Waals surface area contributed by atoms with E-state index >= 15 is 0 Å². The highest BCUT2D eigenvalue weighted by Gasteiger charge is 2.42. The average molecular weight is 246 g/mol. The fourth-order valence-electron chi connectivity index (χ4n) is 1.79. The fraction of sp³-hybridized carbons (Fsp3) is 0.455. The first-order chi connectivity index (χ1) is 7.78. The Balaban J connectivity index is 3.11. The van der Waals surface area contributed by atoms with Gasteiger partial charge in [-0.25, -0.2) is 13.6 Å². The van der Waals surface area contributed by atoms with Crippen LogP contribution >= 0.6 is 0 Å². The molecule has 0 amide bonds. The van der Waals surface area contributed by atoms with Crippen LogP contribution in [0.25, 0.3) is 0 Å². The van der Waals surface area contributed by atoms with Gasteiger partial charge in [-0.2, -0.15) is 0 Å². The molecule has 1 aliphatic rings. The molecule has 0 aliphatic heterocycles. The maximum atomic E-state index is 12.4. The topological polar surface area (TPSA) is 74.6 Å². The quantitative estimate of drug-likeness (QED) is 0.796. The minimum Gasteiger partial charge on any atom is -0.481 e. The standard InChI is InChI=1S/C11H12F2O4/c1-6-2-3-11(10(16)17,5-8(12)13)4-7(6)9(14)15/h2-3,8H,4-5H2,1H3,(H,14,15)(H,16,17). The molecule has 2 N–H and O–H groups in total. The van der Waals surface area contributed by atoms with Gasteiger partial charge in [-0.1, -0.05) is 12.2 Å². The summed E-state index contributed by atoms with van der Waals surface area (Å²) in [5, 5.41) is 17.9. The van der Waals surface area contributed by atoms with Gasteiger partial charge in [0, 0.05) is 12.0 Å². The maximum Gasteiger partial charge on any atom is 0.331 e. The minimum atomic E-state index is -2.80. The lowest BCUT2D eigenvalue weighted by atomic mass is 9.74. The van der Waals surface area contributed by atoms with Crippen LogP contribution in [0.1, 0.15) is 19.8 Å². The van der Waals surface area contributed by atoms with Gasteiger partial charge in [-0.05, 0) is 18.9 Å². The second-order valence-electron chi connectivity index (χ2n) is 4.03. The molecule has 0 spiro atoms. The fourth-order valence-corrected chi connectivity index (χ4v) is 1.79. The second-order valence-corrected chi connectivity index (χ2v) is 4.03. The molecule has 0 fully saturated rings. The Morgan fingerprint density at radius 2 is 2.06 bits per heavy atom. The van der Waals surface area contributed by atoms with Crippen molar-refractivity contribution in [2.24, 2.45) is 5.41 Å². The van der Waals surface area contributed by atoms with Gasteiger partial charge in [0.2, 0.25) is 6.43 Å². The van der Waals surface area contributed by atoms with E-state index in [9.17, 15) is 18.4 Å². The van der Waals surface area contributed by atoms with Gasteiger partial charge in [0.1, 0.15) is 0 Å². The molecule has 1 unspecified atom stereocenters. The summed E-state index contributed by atoms with van der Waals surface area (Å²) < 4.78 is 24.8. The van der Waals surface area contributed by atoms with E-state index < -0.39 is 36.6 Å². The average Bonchev–Trinajstić information content (AvgIpc) is 2.19. The molecule has 6 heteroatoms. The van der Waals surface area contributed by atoms with E-state index in [0.717, 1.165) is 6.08 Å². The number of carboxylic acid groups (broad SMARTS) is 2. The van der Waals surface area contributed by atoms with Crippen molar-refractivity contribution in [3.8, 4) is 0 Å². The molecule has 0 aromatic heterocycles. The molecular weight excluding hydrogens is 234 g/mol. The molecule has 94 valence electrons. The predicted octanol–water partition coefficient (Wildman–Crippen LogP) is 2.07. The van der Waals surface area contributed by atoms with E-state index in [-0.39, 0.29) is 5.57 Å². The van der Waals surface area contributed by atoms with Gasteiger partial charge in [0.15, 0.2) is 0 Å². The van der Waals surface area contributed by atoms with Crippen LogP contribution in [0.3, 0.4) is 0 Å². The number of halogens is 2. The summed E-state index contributed by atoms with van der Waals surface area (Å²) in [5.74, 6) is -2.70. The van der Waals surface area contributed by atoms with E-state index in [0.29, 0.717) is 5.57 Å². The summed E-state index contributed by atoms with van der Waals surface area (Å²) in [5.41, 5.74) is -1.55. The number of alkyl halides is 2. The van der Waals surface area contributed by atoms with Crippen molar-refractivity contribution in [3.63, 3.8) is 0 Å². The van der Waals surface area contributed by atoms with Crippen molar-refractivity contribution in [1.29, 1.82) is 0 Å². The van der Waals surface area contributed by atoms with Crippen LogP contribution in [0, 0.1) is 5.41 Å². The first-order valence-corrected chi connectivity index (χ1v) is 4.92. The van der Waals surface area contributed by atoms with Gasteiger partial charge in [0.05, 0.1) is 5.41 Å². The monoisotopic (exact) mass is 246 g/mol. The zero-order valence-corrected chi connectivity index (χ0v) is 9.11. The zero-order chi connectivity index (χ0) is 13.2. The molecule has 1 aliphatic carbocycles. The first-order valence-electron chi connectivity index (χ1n) is 4.92. The third-order valence-corrected chi connectivity index (χ3v) is 2.82. The van der Waals surface area contributed by atoms with Crippen molar-refractivity contribution >= 4 is 11.9 Å². The van der Waals surface area contributed by atoms with Gasteiger partial charge < -0.3 is 10.2 Å². The molecule has 4 nitrogen and oxygen atoms in total. The summed E-state index contributed by atoms with van der Waals surface area (Å²) in [7, 11) is 0. The highest BCUT2D eigenvalue weighted by molar-refractivity contribution is 5.91. The Labute approximate surface area is 96.2 Å². The molecule has 1 atom stereocenters. The number of hydrogen-bond acceptors (Lipinski definition) is 2. The molecule has 17 heavy (non-hydrogen) atoms. The van der Waals surface area contributed by atoms with Crippen LogP contribution in [-0.2, 0) is 9.59 Å². The number of hydrogen-bond donors (Lipinski definition) is 2. The van der Waals surface area contributed by atoms with Crippen molar-refractivity contribution in [1.82, 2.24) is 0 Å². The molecule has 0 saturated heterocycles. The molecule has 0 aromatic carbocycles. The Kier molecular flexibility index (Phi) is 3.65. The van der Waals surface area contributed by atoms with Crippen molar-refractivity contribution in [2.75, 3.05) is 0 Å². The molecule has 0 bridgehead atoms. The smallest absolute Gasteiger partial charge is 0.331 e. The van der Waals surface area contributed by atoms with Gasteiger partial charge >= 0.3 is 11.9 Å². The van der Waals surface area contributed by atoms with E-state index in [1.54, 1.807) is 0 Å². The van der Waals surface area contributed by atoms with Crippen LogP contribution in [0.15, 0.2) is 23.3 Å². The van der Waals surface area contributed by atoms with Crippen LogP contribution in [0.4, 0.5) is 8.78 Å². The van der Waals surface area contributed by atoms with Crippen LogP contribution < -0.4 is 0 Å². The number of rotatable bonds is 4. The van der Waals surface area contributed by atoms with Crippen LogP contribution in [-0.4, -0.2) is 28.6 Å². The number of carbonyl (C=O) groups is 2. The highest BCUT2D eigenvalue weighted by atomic mass is 19.3. The van der Waals surface area contributed by atoms with Crippen molar-refractivity contribution in [3.05, 3.63) is 23.3 Å². The second kappa shape index (κ2) is 4.65. The minimum absolute atomic E-state index is 0.129. The normalized spacial score (nSPS) is 24.2. The molecule has 1 rings (SSSR count). The lowest BCUT2D eigenvalue weighted by molar-refractivity contribution is -0.148. The summed E-state index contributed by atoms with van der Waals surface area (Å²) in [6, 6.07) is 0. The van der Waals surface area contributed by atoms with Crippen molar-refractivity contribution in [2.45, 2.75) is 26.2 Å². The van der Waals surface area contributed by atoms with E-state index in [1.165, 1.54) is 13.0 Å². The van der Waals surface area contributed by atoms with Gasteiger partial charge in [-0.3, -0.25) is 4.79 Å². The highest BCUT2D eigenvalue weighted by Crippen LogP contribution is 2.39. The third kappa shape index (κ3) is 2.69. The van der Waals surface area contributed by atoms with Gasteiger partial charge in [-0.15, -0.1) is 0 Å². The predicted molar refractivity (Wildman–Crippen MR) is 54.8 cm³/mol. The number of aliphatic carboxylic acids is 2. The SMILES string of the molecule is CC1=C(C(=O)O)CC(CC(F)F)(C(=O)O)C=C1. The van der Waals surface area contributed by atoms with Crippen LogP contribution in [0.2, 0.25) is 0 Å². The number of allylic oxidation sites excluding steroid dienone is 2.